The SMILES string of the molecule is COC(=O)C1(NC(=O)Cc2c(F)cccc2Cl)CCC(C)CC1. The first-order valence-electron chi connectivity index (χ1n) is 7.70. The normalized spacial score (nSPS) is 24.1. The fourth-order valence-electron chi connectivity index (χ4n) is 3.00. The van der Waals surface area contributed by atoms with Crippen LogP contribution in [0.3, 0.4) is 0 Å². The second-order valence-electron chi connectivity index (χ2n) is 6.18. The van der Waals surface area contributed by atoms with Crippen LogP contribution in [0.2, 0.25) is 5.02 Å². The molecule has 0 atom stereocenters. The van der Waals surface area contributed by atoms with E-state index in [1.54, 1.807) is 0 Å². The Morgan fingerprint density at radius 3 is 2.61 bits per heavy atom. The second kappa shape index (κ2) is 7.30. The summed E-state index contributed by atoms with van der Waals surface area (Å²) in [6, 6.07) is 4.27. The molecule has 0 spiro atoms. The quantitative estimate of drug-likeness (QED) is 0.855. The number of ether oxygens (including phenoxy) is 1. The van der Waals surface area contributed by atoms with Gasteiger partial charge in [0.1, 0.15) is 11.4 Å². The van der Waals surface area contributed by atoms with E-state index in [9.17, 15) is 14.0 Å². The van der Waals surface area contributed by atoms with Crippen LogP contribution < -0.4 is 5.32 Å². The Morgan fingerprint density at radius 2 is 2.04 bits per heavy atom. The molecule has 1 fully saturated rings. The number of carbonyl (C=O) groups is 2. The number of esters is 1. The molecule has 1 aromatic rings. The highest BCUT2D eigenvalue weighted by Gasteiger charge is 2.43. The molecule has 2 rings (SSSR count). The van der Waals surface area contributed by atoms with Gasteiger partial charge in [-0.15, -0.1) is 0 Å². The fourth-order valence-corrected chi connectivity index (χ4v) is 3.23. The first kappa shape index (κ1) is 17.7. The van der Waals surface area contributed by atoms with Gasteiger partial charge < -0.3 is 10.1 Å². The monoisotopic (exact) mass is 341 g/mol. The van der Waals surface area contributed by atoms with Gasteiger partial charge in [-0.05, 0) is 43.7 Å². The van der Waals surface area contributed by atoms with Crippen LogP contribution in [-0.2, 0) is 20.7 Å². The van der Waals surface area contributed by atoms with Crippen LogP contribution in [0.25, 0.3) is 0 Å². The van der Waals surface area contributed by atoms with Gasteiger partial charge in [-0.25, -0.2) is 9.18 Å². The van der Waals surface area contributed by atoms with Crippen molar-refractivity contribution in [1.29, 1.82) is 0 Å². The lowest BCUT2D eigenvalue weighted by Crippen LogP contribution is -2.57. The van der Waals surface area contributed by atoms with E-state index in [1.165, 1.54) is 25.3 Å². The highest BCUT2D eigenvalue weighted by molar-refractivity contribution is 6.31. The number of benzene rings is 1. The number of hydrogen-bond donors (Lipinski definition) is 1. The lowest BCUT2D eigenvalue weighted by Gasteiger charge is -2.37. The average molecular weight is 342 g/mol. The minimum absolute atomic E-state index is 0.135. The molecule has 1 aromatic carbocycles. The van der Waals surface area contributed by atoms with Gasteiger partial charge in [-0.2, -0.15) is 0 Å². The Labute approximate surface area is 140 Å². The molecule has 1 N–H and O–H groups in total. The first-order valence-corrected chi connectivity index (χ1v) is 8.08. The molecule has 23 heavy (non-hydrogen) atoms. The average Bonchev–Trinajstić information content (AvgIpc) is 2.52. The summed E-state index contributed by atoms with van der Waals surface area (Å²) < 4.78 is 18.7. The Hall–Kier alpha value is -1.62. The molecular formula is C17H21ClFNO3. The molecule has 0 bridgehead atoms. The van der Waals surface area contributed by atoms with E-state index in [2.05, 4.69) is 12.2 Å². The number of rotatable bonds is 4. The topological polar surface area (TPSA) is 55.4 Å². The second-order valence-corrected chi connectivity index (χ2v) is 6.59. The zero-order chi connectivity index (χ0) is 17.0. The summed E-state index contributed by atoms with van der Waals surface area (Å²) in [7, 11) is 1.31. The third-order valence-corrected chi connectivity index (χ3v) is 4.84. The van der Waals surface area contributed by atoms with Crippen molar-refractivity contribution in [3.05, 3.63) is 34.6 Å². The predicted octanol–water partition coefficient (Wildman–Crippen LogP) is 3.26. The van der Waals surface area contributed by atoms with E-state index in [0.717, 1.165) is 12.8 Å². The molecule has 0 radical (unpaired) electrons. The van der Waals surface area contributed by atoms with E-state index < -0.39 is 23.2 Å². The summed E-state index contributed by atoms with van der Waals surface area (Å²) in [6.07, 6.45) is 2.50. The summed E-state index contributed by atoms with van der Waals surface area (Å²) in [5, 5.41) is 2.97. The van der Waals surface area contributed by atoms with Gasteiger partial charge in [-0.3, -0.25) is 4.79 Å². The standard InChI is InChI=1S/C17H21ClFNO3/c1-11-6-8-17(9-7-11,16(22)23-2)20-15(21)10-12-13(18)4-3-5-14(12)19/h3-5,11H,6-10H2,1-2H3,(H,20,21). The summed E-state index contributed by atoms with van der Waals surface area (Å²) in [6.45, 7) is 2.11. The van der Waals surface area contributed by atoms with Crippen molar-refractivity contribution in [3.8, 4) is 0 Å². The molecule has 1 aliphatic rings. The van der Waals surface area contributed by atoms with Gasteiger partial charge in [0, 0.05) is 10.6 Å². The van der Waals surface area contributed by atoms with E-state index in [-0.39, 0.29) is 17.0 Å². The van der Waals surface area contributed by atoms with E-state index in [1.807, 2.05) is 0 Å². The van der Waals surface area contributed by atoms with Crippen LogP contribution in [0, 0.1) is 11.7 Å². The first-order chi connectivity index (χ1) is 10.9. The lowest BCUT2D eigenvalue weighted by atomic mass is 9.77. The van der Waals surface area contributed by atoms with Gasteiger partial charge in [0.2, 0.25) is 5.91 Å². The van der Waals surface area contributed by atoms with Crippen molar-refractivity contribution in [3.63, 3.8) is 0 Å². The largest absolute Gasteiger partial charge is 0.467 e. The summed E-state index contributed by atoms with van der Waals surface area (Å²) in [5.74, 6) is -0.905. The van der Waals surface area contributed by atoms with Gasteiger partial charge in [0.25, 0.3) is 0 Å². The van der Waals surface area contributed by atoms with Crippen molar-refractivity contribution < 1.29 is 18.7 Å². The van der Waals surface area contributed by atoms with Crippen molar-refractivity contribution >= 4 is 23.5 Å². The van der Waals surface area contributed by atoms with Gasteiger partial charge >= 0.3 is 5.97 Å². The molecule has 1 saturated carbocycles. The number of nitrogens with one attached hydrogen (secondary N) is 1. The smallest absolute Gasteiger partial charge is 0.331 e. The van der Waals surface area contributed by atoms with Crippen molar-refractivity contribution in [2.75, 3.05) is 7.11 Å². The molecule has 0 saturated heterocycles. The Kier molecular flexibility index (Phi) is 5.63. The molecule has 4 nitrogen and oxygen atoms in total. The number of amides is 1. The maximum absolute atomic E-state index is 13.8. The zero-order valence-electron chi connectivity index (χ0n) is 13.3. The van der Waals surface area contributed by atoms with E-state index >= 15 is 0 Å². The van der Waals surface area contributed by atoms with Crippen LogP contribution in [-0.4, -0.2) is 24.5 Å². The van der Waals surface area contributed by atoms with Crippen molar-refractivity contribution in [2.24, 2.45) is 5.92 Å². The van der Waals surface area contributed by atoms with Crippen molar-refractivity contribution in [2.45, 2.75) is 44.6 Å². The third-order valence-electron chi connectivity index (χ3n) is 4.48. The number of halogens is 2. The minimum atomic E-state index is -1.02. The zero-order valence-corrected chi connectivity index (χ0v) is 14.1. The minimum Gasteiger partial charge on any atom is -0.467 e. The van der Waals surface area contributed by atoms with Crippen LogP contribution in [0.5, 0.6) is 0 Å². The van der Waals surface area contributed by atoms with E-state index in [0.29, 0.717) is 18.8 Å². The number of carbonyl (C=O) groups excluding carboxylic acids is 2. The van der Waals surface area contributed by atoms with Gasteiger partial charge in [0.15, 0.2) is 0 Å². The summed E-state index contributed by atoms with van der Waals surface area (Å²) in [4.78, 5) is 24.5. The molecular weight excluding hydrogens is 321 g/mol. The van der Waals surface area contributed by atoms with Crippen LogP contribution in [0.1, 0.15) is 38.2 Å². The van der Waals surface area contributed by atoms with Crippen LogP contribution in [0.4, 0.5) is 4.39 Å². The number of hydrogen-bond acceptors (Lipinski definition) is 3. The number of methoxy groups -OCH3 is 1. The molecule has 0 aromatic heterocycles. The maximum Gasteiger partial charge on any atom is 0.331 e. The predicted molar refractivity (Wildman–Crippen MR) is 85.6 cm³/mol. The van der Waals surface area contributed by atoms with Gasteiger partial charge in [-0.1, -0.05) is 24.6 Å². The molecule has 6 heteroatoms. The molecule has 126 valence electrons. The van der Waals surface area contributed by atoms with E-state index in [4.69, 9.17) is 16.3 Å². The van der Waals surface area contributed by atoms with Crippen LogP contribution in [0.15, 0.2) is 18.2 Å². The molecule has 0 unspecified atom stereocenters. The van der Waals surface area contributed by atoms with Crippen LogP contribution >= 0.6 is 11.6 Å². The lowest BCUT2D eigenvalue weighted by molar-refractivity contribution is -0.153. The van der Waals surface area contributed by atoms with Gasteiger partial charge in [0.05, 0.1) is 13.5 Å². The molecule has 0 aliphatic heterocycles. The maximum atomic E-state index is 13.8. The Morgan fingerprint density at radius 1 is 1.39 bits per heavy atom. The highest BCUT2D eigenvalue weighted by atomic mass is 35.5. The third kappa shape index (κ3) is 4.02. The Balaban J connectivity index is 2.14. The molecule has 0 heterocycles. The van der Waals surface area contributed by atoms with Crippen molar-refractivity contribution in [1.82, 2.24) is 5.32 Å². The Bertz CT molecular complexity index is 577. The molecule has 1 amide bonds. The molecule has 1 aliphatic carbocycles. The highest BCUT2D eigenvalue weighted by Crippen LogP contribution is 2.33. The summed E-state index contributed by atoms with van der Waals surface area (Å²) in [5.41, 5.74) is -0.883. The fraction of sp³-hybridized carbons (Fsp3) is 0.529. The summed E-state index contributed by atoms with van der Waals surface area (Å²) >= 11 is 5.95.